The molecule has 6 nitrogen and oxygen atoms in total. The highest BCUT2D eigenvalue weighted by molar-refractivity contribution is 5.79. The molecule has 2 aromatic rings. The van der Waals surface area contributed by atoms with Gasteiger partial charge in [0.25, 0.3) is 0 Å². The van der Waals surface area contributed by atoms with Crippen LogP contribution in [0.25, 0.3) is 11.3 Å². The molecule has 1 amide bonds. The zero-order valence-electron chi connectivity index (χ0n) is 16.4. The van der Waals surface area contributed by atoms with E-state index < -0.39 is 0 Å². The van der Waals surface area contributed by atoms with E-state index in [2.05, 4.69) is 5.16 Å². The first-order valence-corrected chi connectivity index (χ1v) is 10.2. The van der Waals surface area contributed by atoms with Gasteiger partial charge in [0.2, 0.25) is 5.91 Å². The van der Waals surface area contributed by atoms with Crippen LogP contribution in [-0.4, -0.2) is 42.3 Å². The van der Waals surface area contributed by atoms with Crippen molar-refractivity contribution in [1.29, 1.82) is 0 Å². The summed E-state index contributed by atoms with van der Waals surface area (Å²) < 4.78 is 16.6. The summed E-state index contributed by atoms with van der Waals surface area (Å²) in [4.78, 5) is 15.0. The highest BCUT2D eigenvalue weighted by Crippen LogP contribution is 2.29. The maximum Gasteiger partial charge on any atom is 0.226 e. The van der Waals surface area contributed by atoms with E-state index in [9.17, 15) is 4.79 Å². The van der Waals surface area contributed by atoms with Crippen LogP contribution in [0.3, 0.4) is 0 Å². The molecule has 1 saturated carbocycles. The van der Waals surface area contributed by atoms with Crippen LogP contribution in [0.15, 0.2) is 34.9 Å². The third-order valence-electron chi connectivity index (χ3n) is 5.73. The van der Waals surface area contributed by atoms with Crippen molar-refractivity contribution in [3.8, 4) is 17.1 Å². The Morgan fingerprint density at radius 1 is 1.21 bits per heavy atom. The molecule has 6 heteroatoms. The first-order valence-electron chi connectivity index (χ1n) is 10.2. The molecule has 1 saturated heterocycles. The van der Waals surface area contributed by atoms with Gasteiger partial charge in [0.05, 0.1) is 19.8 Å². The maximum absolute atomic E-state index is 13.1. The Morgan fingerprint density at radius 2 is 2.07 bits per heavy atom. The van der Waals surface area contributed by atoms with Crippen molar-refractivity contribution in [3.63, 3.8) is 0 Å². The molecule has 1 unspecified atom stereocenters. The monoisotopic (exact) mass is 384 g/mol. The number of carbonyl (C=O) groups is 1. The molecule has 4 rings (SSSR count). The summed E-state index contributed by atoms with van der Waals surface area (Å²) in [5.74, 6) is 1.83. The van der Waals surface area contributed by atoms with Crippen molar-refractivity contribution in [1.82, 2.24) is 10.1 Å². The van der Waals surface area contributed by atoms with Crippen LogP contribution in [0, 0.1) is 5.92 Å². The topological polar surface area (TPSA) is 64.8 Å². The second-order valence-corrected chi connectivity index (χ2v) is 7.75. The van der Waals surface area contributed by atoms with E-state index in [1.165, 1.54) is 0 Å². The normalized spacial score (nSPS) is 19.8. The van der Waals surface area contributed by atoms with Gasteiger partial charge in [0.15, 0.2) is 5.76 Å². The van der Waals surface area contributed by atoms with Crippen molar-refractivity contribution in [2.75, 3.05) is 20.3 Å². The highest BCUT2D eigenvalue weighted by atomic mass is 16.5. The van der Waals surface area contributed by atoms with Crippen LogP contribution in [0.4, 0.5) is 0 Å². The molecule has 1 aromatic heterocycles. The molecule has 150 valence electrons. The molecule has 1 aliphatic carbocycles. The molecule has 2 fully saturated rings. The Kier molecular flexibility index (Phi) is 5.95. The minimum atomic E-state index is 0.134. The molecule has 0 bridgehead atoms. The predicted octanol–water partition coefficient (Wildman–Crippen LogP) is 4.05. The number of benzene rings is 1. The molecule has 1 atom stereocenters. The first-order chi connectivity index (χ1) is 13.7. The van der Waals surface area contributed by atoms with Gasteiger partial charge in [0, 0.05) is 30.7 Å². The molecule has 0 radical (unpaired) electrons. The zero-order chi connectivity index (χ0) is 19.3. The van der Waals surface area contributed by atoms with Crippen LogP contribution in [-0.2, 0) is 16.1 Å². The summed E-state index contributed by atoms with van der Waals surface area (Å²) >= 11 is 0. The van der Waals surface area contributed by atoms with E-state index in [1.807, 2.05) is 35.2 Å². The van der Waals surface area contributed by atoms with Gasteiger partial charge >= 0.3 is 0 Å². The van der Waals surface area contributed by atoms with Crippen molar-refractivity contribution >= 4 is 5.91 Å². The lowest BCUT2D eigenvalue weighted by Gasteiger charge is -2.27. The molecule has 2 aliphatic rings. The van der Waals surface area contributed by atoms with Gasteiger partial charge < -0.3 is 18.9 Å². The number of aromatic nitrogens is 1. The van der Waals surface area contributed by atoms with E-state index in [0.29, 0.717) is 18.8 Å². The summed E-state index contributed by atoms with van der Waals surface area (Å²) in [6, 6.07) is 9.60. The van der Waals surface area contributed by atoms with Crippen LogP contribution in [0.5, 0.6) is 5.75 Å². The molecule has 1 aromatic carbocycles. The van der Waals surface area contributed by atoms with Crippen LogP contribution in [0.2, 0.25) is 0 Å². The molecular weight excluding hydrogens is 356 g/mol. The Labute approximate surface area is 165 Å². The van der Waals surface area contributed by atoms with Crippen molar-refractivity contribution in [2.45, 2.75) is 51.2 Å². The number of nitrogens with zero attached hydrogens (tertiary/aromatic N) is 2. The van der Waals surface area contributed by atoms with Gasteiger partial charge in [-0.3, -0.25) is 4.79 Å². The fraction of sp³-hybridized carbons (Fsp3) is 0.545. The molecule has 0 spiro atoms. The third kappa shape index (κ3) is 4.38. The summed E-state index contributed by atoms with van der Waals surface area (Å²) in [5.41, 5.74) is 1.67. The summed E-state index contributed by atoms with van der Waals surface area (Å²) in [5, 5.41) is 4.22. The van der Waals surface area contributed by atoms with E-state index in [0.717, 1.165) is 62.1 Å². The van der Waals surface area contributed by atoms with Crippen molar-refractivity contribution in [3.05, 3.63) is 36.0 Å². The SMILES string of the molecule is COc1cccc(-c2cc(CN(CC3CCCO3)C(=O)C3CCCC3)no2)c1. The number of methoxy groups -OCH3 is 1. The van der Waals surface area contributed by atoms with E-state index in [1.54, 1.807) is 7.11 Å². The van der Waals surface area contributed by atoms with Crippen LogP contribution in [0.1, 0.15) is 44.2 Å². The number of amides is 1. The van der Waals surface area contributed by atoms with E-state index >= 15 is 0 Å². The van der Waals surface area contributed by atoms with Crippen molar-refractivity contribution < 1.29 is 18.8 Å². The van der Waals surface area contributed by atoms with Gasteiger partial charge in [-0.1, -0.05) is 30.1 Å². The average Bonchev–Trinajstić information content (AvgIpc) is 3.49. The number of carbonyl (C=O) groups excluding carboxylic acids is 1. The quantitative estimate of drug-likeness (QED) is 0.721. The zero-order valence-corrected chi connectivity index (χ0v) is 16.4. The number of hydrogen-bond acceptors (Lipinski definition) is 5. The lowest BCUT2D eigenvalue weighted by Crippen LogP contribution is -2.40. The Hall–Kier alpha value is -2.34. The minimum Gasteiger partial charge on any atom is -0.497 e. The Morgan fingerprint density at radius 3 is 2.82 bits per heavy atom. The van der Waals surface area contributed by atoms with Crippen LogP contribution < -0.4 is 4.74 Å². The lowest BCUT2D eigenvalue weighted by molar-refractivity contribution is -0.137. The third-order valence-corrected chi connectivity index (χ3v) is 5.73. The second kappa shape index (κ2) is 8.78. The van der Waals surface area contributed by atoms with Gasteiger partial charge in [-0.05, 0) is 37.8 Å². The Balaban J connectivity index is 1.49. The molecule has 2 heterocycles. The largest absolute Gasteiger partial charge is 0.497 e. The smallest absolute Gasteiger partial charge is 0.226 e. The van der Waals surface area contributed by atoms with Gasteiger partial charge in [-0.25, -0.2) is 0 Å². The van der Waals surface area contributed by atoms with E-state index in [4.69, 9.17) is 14.0 Å². The molecular formula is C22H28N2O4. The number of ether oxygens (including phenoxy) is 2. The highest BCUT2D eigenvalue weighted by Gasteiger charge is 2.30. The van der Waals surface area contributed by atoms with Gasteiger partial charge in [-0.2, -0.15) is 0 Å². The number of rotatable bonds is 7. The van der Waals surface area contributed by atoms with Crippen LogP contribution >= 0.6 is 0 Å². The van der Waals surface area contributed by atoms with Gasteiger partial charge in [0.1, 0.15) is 11.4 Å². The summed E-state index contributed by atoms with van der Waals surface area (Å²) in [6.45, 7) is 1.89. The second-order valence-electron chi connectivity index (χ2n) is 7.75. The molecule has 1 aliphatic heterocycles. The predicted molar refractivity (Wildman–Crippen MR) is 105 cm³/mol. The first kappa shape index (κ1) is 19.0. The van der Waals surface area contributed by atoms with Crippen molar-refractivity contribution in [2.24, 2.45) is 5.92 Å². The number of hydrogen-bond donors (Lipinski definition) is 0. The lowest BCUT2D eigenvalue weighted by atomic mass is 10.1. The minimum absolute atomic E-state index is 0.134. The standard InChI is InChI=1S/C22H28N2O4/c1-26-19-9-4-8-17(12-19)21-13-18(23-28-21)14-24(15-20-10-5-11-27-20)22(25)16-6-2-3-7-16/h4,8-9,12-13,16,20H,2-3,5-7,10-11,14-15H2,1H3. The molecule has 28 heavy (non-hydrogen) atoms. The van der Waals surface area contributed by atoms with E-state index in [-0.39, 0.29) is 17.9 Å². The summed E-state index contributed by atoms with van der Waals surface area (Å²) in [7, 11) is 1.64. The summed E-state index contributed by atoms with van der Waals surface area (Å²) in [6.07, 6.45) is 6.50. The fourth-order valence-electron chi connectivity index (χ4n) is 4.19. The molecule has 0 N–H and O–H groups in total. The fourth-order valence-corrected chi connectivity index (χ4v) is 4.19. The Bertz CT molecular complexity index is 791. The van der Waals surface area contributed by atoms with Gasteiger partial charge in [-0.15, -0.1) is 0 Å². The average molecular weight is 384 g/mol. The maximum atomic E-state index is 13.1.